The summed E-state index contributed by atoms with van der Waals surface area (Å²) in [6, 6.07) is 18.3. The highest BCUT2D eigenvalue weighted by molar-refractivity contribution is 7.92. The third kappa shape index (κ3) is 5.18. The second kappa shape index (κ2) is 9.41. The van der Waals surface area contributed by atoms with E-state index in [-0.39, 0.29) is 4.90 Å². The molecule has 0 aliphatic rings. The summed E-state index contributed by atoms with van der Waals surface area (Å²) in [4.78, 5) is 13.0. The number of nitrogens with zero attached hydrogens (tertiary/aromatic N) is 1. The maximum Gasteiger partial charge on any atom is 0.264 e. The van der Waals surface area contributed by atoms with Gasteiger partial charge < -0.3 is 10.1 Å². The Kier molecular flexibility index (Phi) is 6.87. The van der Waals surface area contributed by atoms with Gasteiger partial charge >= 0.3 is 0 Å². The lowest BCUT2D eigenvalue weighted by molar-refractivity contribution is -0.114. The lowest BCUT2D eigenvalue weighted by Gasteiger charge is -2.26. The fourth-order valence-corrected chi connectivity index (χ4v) is 4.77. The Morgan fingerprint density at radius 3 is 2.42 bits per heavy atom. The van der Waals surface area contributed by atoms with Crippen LogP contribution in [0.3, 0.4) is 0 Å². The van der Waals surface area contributed by atoms with E-state index in [0.29, 0.717) is 27.7 Å². The van der Waals surface area contributed by atoms with E-state index in [1.807, 2.05) is 13.0 Å². The van der Waals surface area contributed by atoms with Crippen molar-refractivity contribution in [3.8, 4) is 5.75 Å². The first kappa shape index (κ1) is 22.7. The smallest absolute Gasteiger partial charge is 0.264 e. The molecule has 0 spiro atoms. The number of anilines is 2. The molecule has 0 aromatic heterocycles. The number of sulfonamides is 1. The molecule has 1 amide bonds. The summed E-state index contributed by atoms with van der Waals surface area (Å²) in [6.45, 7) is 3.22. The topological polar surface area (TPSA) is 75.7 Å². The van der Waals surface area contributed by atoms with Gasteiger partial charge in [0.1, 0.15) is 12.3 Å². The minimum Gasteiger partial charge on any atom is -0.495 e. The van der Waals surface area contributed by atoms with Gasteiger partial charge in [-0.05, 0) is 61.4 Å². The van der Waals surface area contributed by atoms with E-state index in [2.05, 4.69) is 5.32 Å². The lowest BCUT2D eigenvalue weighted by Crippen LogP contribution is -2.38. The molecule has 0 heterocycles. The minimum atomic E-state index is -4.02. The van der Waals surface area contributed by atoms with Crippen molar-refractivity contribution in [2.24, 2.45) is 0 Å². The van der Waals surface area contributed by atoms with Gasteiger partial charge in [0.05, 0.1) is 23.4 Å². The molecule has 31 heavy (non-hydrogen) atoms. The molecule has 8 heteroatoms. The van der Waals surface area contributed by atoms with Crippen LogP contribution < -0.4 is 14.4 Å². The maximum absolute atomic E-state index is 13.4. The highest BCUT2D eigenvalue weighted by atomic mass is 35.5. The molecule has 0 saturated heterocycles. The fraction of sp³-hybridized carbons (Fsp3) is 0.174. The van der Waals surface area contributed by atoms with Gasteiger partial charge in [-0.1, -0.05) is 41.9 Å². The predicted molar refractivity (Wildman–Crippen MR) is 124 cm³/mol. The monoisotopic (exact) mass is 458 g/mol. The second-order valence-corrected chi connectivity index (χ2v) is 9.31. The number of aryl methyl sites for hydroxylation is 2. The summed E-state index contributed by atoms with van der Waals surface area (Å²) in [7, 11) is -2.52. The third-order valence-corrected chi connectivity index (χ3v) is 6.70. The Balaban J connectivity index is 2.01. The maximum atomic E-state index is 13.4. The van der Waals surface area contributed by atoms with Crippen molar-refractivity contribution >= 4 is 38.9 Å². The largest absolute Gasteiger partial charge is 0.495 e. The molecule has 6 nitrogen and oxygen atoms in total. The Morgan fingerprint density at radius 2 is 1.74 bits per heavy atom. The van der Waals surface area contributed by atoms with Crippen LogP contribution in [0.1, 0.15) is 11.1 Å². The Morgan fingerprint density at radius 1 is 1.03 bits per heavy atom. The van der Waals surface area contributed by atoms with Crippen LogP contribution in [0.15, 0.2) is 71.6 Å². The Labute approximate surface area is 187 Å². The molecule has 3 aromatic carbocycles. The van der Waals surface area contributed by atoms with Crippen molar-refractivity contribution in [1.82, 2.24) is 0 Å². The Bertz CT molecular complexity index is 1200. The zero-order chi connectivity index (χ0) is 22.6. The van der Waals surface area contributed by atoms with Gasteiger partial charge in [0.15, 0.2) is 0 Å². The van der Waals surface area contributed by atoms with Crippen LogP contribution in [0.4, 0.5) is 11.4 Å². The summed E-state index contributed by atoms with van der Waals surface area (Å²) >= 11 is 6.14. The van der Waals surface area contributed by atoms with Crippen molar-refractivity contribution in [3.05, 3.63) is 82.9 Å². The molecule has 0 bridgehead atoms. The highest BCUT2D eigenvalue weighted by Gasteiger charge is 2.28. The van der Waals surface area contributed by atoms with Crippen LogP contribution in [0.25, 0.3) is 0 Å². The average molecular weight is 459 g/mol. The summed E-state index contributed by atoms with van der Waals surface area (Å²) in [6.07, 6.45) is 0. The van der Waals surface area contributed by atoms with E-state index in [1.165, 1.54) is 25.3 Å². The van der Waals surface area contributed by atoms with Gasteiger partial charge in [-0.3, -0.25) is 9.10 Å². The lowest BCUT2D eigenvalue weighted by atomic mass is 10.2. The quantitative estimate of drug-likeness (QED) is 0.551. The highest BCUT2D eigenvalue weighted by Crippen LogP contribution is 2.30. The van der Waals surface area contributed by atoms with Crippen LogP contribution in [0, 0.1) is 13.8 Å². The first-order valence-electron chi connectivity index (χ1n) is 9.51. The molecule has 0 aliphatic carbocycles. The number of hydrogen-bond donors (Lipinski definition) is 1. The summed E-state index contributed by atoms with van der Waals surface area (Å²) < 4.78 is 33.2. The van der Waals surface area contributed by atoms with E-state index in [1.54, 1.807) is 49.4 Å². The molecule has 3 rings (SSSR count). The number of amides is 1. The fourth-order valence-electron chi connectivity index (χ4n) is 3.11. The number of nitrogens with one attached hydrogen (secondary N) is 1. The van der Waals surface area contributed by atoms with Gasteiger partial charge in [0, 0.05) is 5.02 Å². The van der Waals surface area contributed by atoms with Crippen LogP contribution >= 0.6 is 11.6 Å². The van der Waals surface area contributed by atoms with Gasteiger partial charge in [-0.15, -0.1) is 0 Å². The number of ether oxygens (including phenoxy) is 1. The van der Waals surface area contributed by atoms with Gasteiger partial charge in [0.25, 0.3) is 10.0 Å². The third-order valence-electron chi connectivity index (χ3n) is 4.69. The molecule has 0 unspecified atom stereocenters. The number of hydrogen-bond acceptors (Lipinski definition) is 4. The number of carbonyl (C=O) groups excluding carboxylic acids is 1. The molecule has 0 atom stereocenters. The van der Waals surface area contributed by atoms with Crippen molar-refractivity contribution in [2.75, 3.05) is 23.3 Å². The number of rotatable bonds is 7. The molecule has 0 radical (unpaired) electrons. The van der Waals surface area contributed by atoms with E-state index in [0.717, 1.165) is 9.87 Å². The number of carbonyl (C=O) groups is 1. The van der Waals surface area contributed by atoms with Gasteiger partial charge in [-0.25, -0.2) is 8.42 Å². The van der Waals surface area contributed by atoms with Gasteiger partial charge in [-0.2, -0.15) is 0 Å². The number of benzene rings is 3. The molecule has 3 aromatic rings. The molecule has 0 saturated carbocycles. The van der Waals surface area contributed by atoms with Crippen LogP contribution in [-0.4, -0.2) is 28.0 Å². The van der Waals surface area contributed by atoms with E-state index in [9.17, 15) is 13.2 Å². The normalized spacial score (nSPS) is 11.1. The zero-order valence-corrected chi connectivity index (χ0v) is 19.0. The van der Waals surface area contributed by atoms with Crippen molar-refractivity contribution in [2.45, 2.75) is 18.7 Å². The molecule has 0 aliphatic heterocycles. The standard InChI is InChI=1S/C23H23ClN2O4S/c1-16-9-12-22(30-3)20(13-16)25-23(27)15-26(21-14-18(24)11-10-17(21)2)31(28,29)19-7-5-4-6-8-19/h4-14H,15H2,1-3H3,(H,25,27). The van der Waals surface area contributed by atoms with E-state index < -0.39 is 22.5 Å². The molecule has 162 valence electrons. The van der Waals surface area contributed by atoms with Crippen LogP contribution in [0.5, 0.6) is 5.75 Å². The molecule has 1 N–H and O–H groups in total. The van der Waals surface area contributed by atoms with Crippen molar-refractivity contribution in [1.29, 1.82) is 0 Å². The van der Waals surface area contributed by atoms with E-state index in [4.69, 9.17) is 16.3 Å². The minimum absolute atomic E-state index is 0.0790. The predicted octanol–water partition coefficient (Wildman–Crippen LogP) is 4.80. The van der Waals surface area contributed by atoms with Crippen molar-refractivity contribution in [3.63, 3.8) is 0 Å². The summed E-state index contributed by atoms with van der Waals surface area (Å²) in [5.41, 5.74) is 2.40. The molecular weight excluding hydrogens is 436 g/mol. The first-order chi connectivity index (χ1) is 14.7. The summed E-state index contributed by atoms with van der Waals surface area (Å²) in [5, 5.41) is 3.13. The average Bonchev–Trinajstić information content (AvgIpc) is 2.74. The van der Waals surface area contributed by atoms with Gasteiger partial charge in [0.2, 0.25) is 5.91 Å². The number of halogens is 1. The SMILES string of the molecule is COc1ccc(C)cc1NC(=O)CN(c1cc(Cl)ccc1C)S(=O)(=O)c1ccccc1. The first-order valence-corrected chi connectivity index (χ1v) is 11.3. The molecule has 0 fully saturated rings. The van der Waals surface area contributed by atoms with Crippen molar-refractivity contribution < 1.29 is 17.9 Å². The number of methoxy groups -OCH3 is 1. The molecular formula is C23H23ClN2O4S. The Hall–Kier alpha value is -3.03. The van der Waals surface area contributed by atoms with Crippen LogP contribution in [-0.2, 0) is 14.8 Å². The van der Waals surface area contributed by atoms with E-state index >= 15 is 0 Å². The summed E-state index contributed by atoms with van der Waals surface area (Å²) in [5.74, 6) is -0.0295. The van der Waals surface area contributed by atoms with Crippen LogP contribution in [0.2, 0.25) is 5.02 Å². The second-order valence-electron chi connectivity index (χ2n) is 7.01. The zero-order valence-electron chi connectivity index (χ0n) is 17.4.